The van der Waals surface area contributed by atoms with Crippen LogP contribution < -0.4 is 0 Å². The van der Waals surface area contributed by atoms with Gasteiger partial charge < -0.3 is 4.74 Å². The molecule has 0 amide bonds. The van der Waals surface area contributed by atoms with Gasteiger partial charge in [0.2, 0.25) is 0 Å². The van der Waals surface area contributed by atoms with E-state index in [9.17, 15) is 13.6 Å². The first-order valence-electron chi connectivity index (χ1n) is 4.49. The third-order valence-electron chi connectivity index (χ3n) is 2.18. The van der Waals surface area contributed by atoms with Crippen LogP contribution in [-0.4, -0.2) is 22.9 Å². The fourth-order valence-electron chi connectivity index (χ4n) is 1.49. The first-order chi connectivity index (χ1) is 7.65. The standard InChI is InChI=1S/C10H8F2N2O2/c1-16-9(15)8-6-4-2-3-5-7(6)14(13-8)10(11)12/h2-5,10H,1H3. The summed E-state index contributed by atoms with van der Waals surface area (Å²) in [5.74, 6) is -0.726. The van der Waals surface area contributed by atoms with Crippen LogP contribution in [0.15, 0.2) is 24.3 Å². The van der Waals surface area contributed by atoms with Crippen LogP contribution in [0.25, 0.3) is 10.9 Å². The monoisotopic (exact) mass is 226 g/mol. The van der Waals surface area contributed by atoms with Gasteiger partial charge in [-0.05, 0) is 6.07 Å². The molecule has 0 radical (unpaired) electrons. The van der Waals surface area contributed by atoms with Crippen molar-refractivity contribution in [2.45, 2.75) is 6.55 Å². The summed E-state index contributed by atoms with van der Waals surface area (Å²) in [4.78, 5) is 11.3. The molecule has 0 atom stereocenters. The van der Waals surface area contributed by atoms with Crippen molar-refractivity contribution in [3.8, 4) is 0 Å². The molecule has 0 saturated heterocycles. The van der Waals surface area contributed by atoms with Crippen LogP contribution in [-0.2, 0) is 4.74 Å². The van der Waals surface area contributed by atoms with Crippen LogP contribution in [0.3, 0.4) is 0 Å². The number of aromatic nitrogens is 2. The van der Waals surface area contributed by atoms with E-state index in [2.05, 4.69) is 9.84 Å². The summed E-state index contributed by atoms with van der Waals surface area (Å²) in [6.07, 6.45) is 0. The van der Waals surface area contributed by atoms with E-state index in [1.807, 2.05) is 0 Å². The molecule has 0 unspecified atom stereocenters. The average molecular weight is 226 g/mol. The van der Waals surface area contributed by atoms with Gasteiger partial charge in [0.25, 0.3) is 0 Å². The lowest BCUT2D eigenvalue weighted by Crippen LogP contribution is -2.05. The molecule has 84 valence electrons. The Morgan fingerprint density at radius 2 is 2.12 bits per heavy atom. The second-order valence-electron chi connectivity index (χ2n) is 3.08. The molecular formula is C10H8F2N2O2. The van der Waals surface area contributed by atoms with Crippen molar-refractivity contribution < 1.29 is 18.3 Å². The number of nitrogens with zero attached hydrogens (tertiary/aromatic N) is 2. The minimum Gasteiger partial charge on any atom is -0.464 e. The van der Waals surface area contributed by atoms with Crippen molar-refractivity contribution in [3.63, 3.8) is 0 Å². The van der Waals surface area contributed by atoms with Crippen LogP contribution in [0, 0.1) is 0 Å². The van der Waals surface area contributed by atoms with E-state index in [-0.39, 0.29) is 11.2 Å². The van der Waals surface area contributed by atoms with Crippen molar-refractivity contribution in [1.82, 2.24) is 9.78 Å². The molecule has 2 rings (SSSR count). The molecule has 0 N–H and O–H groups in total. The number of halogens is 2. The number of benzene rings is 1. The predicted octanol–water partition coefficient (Wildman–Crippen LogP) is 2.22. The zero-order valence-corrected chi connectivity index (χ0v) is 8.35. The molecule has 1 aromatic heterocycles. The fourth-order valence-corrected chi connectivity index (χ4v) is 1.49. The molecule has 4 nitrogen and oxygen atoms in total. The molecule has 0 spiro atoms. The Bertz CT molecular complexity index is 537. The van der Waals surface area contributed by atoms with E-state index in [0.717, 1.165) is 0 Å². The van der Waals surface area contributed by atoms with Crippen molar-refractivity contribution in [2.75, 3.05) is 7.11 Å². The van der Waals surface area contributed by atoms with Crippen LogP contribution in [0.1, 0.15) is 17.0 Å². The molecule has 0 fully saturated rings. The van der Waals surface area contributed by atoms with Crippen molar-refractivity contribution >= 4 is 16.9 Å². The Balaban J connectivity index is 2.71. The second kappa shape index (κ2) is 3.88. The minimum absolute atomic E-state index is 0.0987. The molecule has 16 heavy (non-hydrogen) atoms. The molecule has 0 aliphatic rings. The summed E-state index contributed by atoms with van der Waals surface area (Å²) in [5.41, 5.74) is 0.108. The highest BCUT2D eigenvalue weighted by atomic mass is 19.3. The molecule has 0 aliphatic heterocycles. The SMILES string of the molecule is COC(=O)c1nn(C(F)F)c2ccccc12. The van der Waals surface area contributed by atoms with E-state index in [4.69, 9.17) is 0 Å². The zero-order chi connectivity index (χ0) is 11.7. The summed E-state index contributed by atoms with van der Waals surface area (Å²) in [6.45, 7) is -2.79. The number of carbonyl (C=O) groups excluding carboxylic acids is 1. The van der Waals surface area contributed by atoms with Gasteiger partial charge in [-0.15, -0.1) is 0 Å². The molecule has 0 bridgehead atoms. The zero-order valence-electron chi connectivity index (χ0n) is 8.35. The smallest absolute Gasteiger partial charge is 0.359 e. The predicted molar refractivity (Wildman–Crippen MR) is 52.3 cm³/mol. The molecule has 2 aromatic rings. The highest BCUT2D eigenvalue weighted by molar-refractivity contribution is 6.02. The summed E-state index contributed by atoms with van der Waals surface area (Å²) >= 11 is 0. The lowest BCUT2D eigenvalue weighted by molar-refractivity contribution is 0.0545. The largest absolute Gasteiger partial charge is 0.464 e. The van der Waals surface area contributed by atoms with E-state index >= 15 is 0 Å². The van der Waals surface area contributed by atoms with Crippen LogP contribution in [0.4, 0.5) is 8.78 Å². The Kier molecular flexibility index (Phi) is 2.55. The first kappa shape index (κ1) is 10.5. The number of hydrogen-bond acceptors (Lipinski definition) is 3. The second-order valence-corrected chi connectivity index (χ2v) is 3.08. The van der Waals surface area contributed by atoms with Crippen molar-refractivity contribution in [1.29, 1.82) is 0 Å². The Labute approximate surface area is 89.4 Å². The summed E-state index contributed by atoms with van der Waals surface area (Å²) in [7, 11) is 1.18. The van der Waals surface area contributed by atoms with E-state index in [0.29, 0.717) is 10.1 Å². The Hall–Kier alpha value is -1.98. The third kappa shape index (κ3) is 1.52. The number of rotatable bonds is 2. The quantitative estimate of drug-likeness (QED) is 0.737. The molecular weight excluding hydrogens is 218 g/mol. The number of hydrogen-bond donors (Lipinski definition) is 0. The van der Waals surface area contributed by atoms with E-state index in [1.54, 1.807) is 18.2 Å². The molecule has 6 heteroatoms. The maximum Gasteiger partial charge on any atom is 0.359 e. The number of esters is 1. The molecule has 1 heterocycles. The Morgan fingerprint density at radius 3 is 2.75 bits per heavy atom. The number of methoxy groups -OCH3 is 1. The van der Waals surface area contributed by atoms with Crippen LogP contribution in [0.2, 0.25) is 0 Å². The average Bonchev–Trinajstić information content (AvgIpc) is 2.67. The van der Waals surface area contributed by atoms with Gasteiger partial charge in [0.05, 0.1) is 12.6 Å². The van der Waals surface area contributed by atoms with Crippen LogP contribution >= 0.6 is 0 Å². The summed E-state index contributed by atoms with van der Waals surface area (Å²) in [5, 5.41) is 3.91. The van der Waals surface area contributed by atoms with Gasteiger partial charge in [0.15, 0.2) is 5.69 Å². The number of ether oxygens (including phenoxy) is 1. The van der Waals surface area contributed by atoms with Crippen molar-refractivity contribution in [3.05, 3.63) is 30.0 Å². The normalized spacial score (nSPS) is 11.0. The highest BCUT2D eigenvalue weighted by Crippen LogP contribution is 2.23. The van der Waals surface area contributed by atoms with Gasteiger partial charge in [-0.1, -0.05) is 18.2 Å². The fraction of sp³-hybridized carbons (Fsp3) is 0.200. The maximum absolute atomic E-state index is 12.6. The van der Waals surface area contributed by atoms with Gasteiger partial charge in [-0.3, -0.25) is 0 Å². The summed E-state index contributed by atoms with van der Waals surface area (Å²) < 4.78 is 30.2. The molecule has 1 aromatic carbocycles. The number of para-hydroxylation sites is 1. The third-order valence-corrected chi connectivity index (χ3v) is 2.18. The number of carbonyl (C=O) groups is 1. The van der Waals surface area contributed by atoms with Gasteiger partial charge >= 0.3 is 12.5 Å². The highest BCUT2D eigenvalue weighted by Gasteiger charge is 2.20. The van der Waals surface area contributed by atoms with Crippen molar-refractivity contribution in [2.24, 2.45) is 0 Å². The molecule has 0 saturated carbocycles. The Morgan fingerprint density at radius 1 is 1.44 bits per heavy atom. The summed E-state index contributed by atoms with van der Waals surface area (Å²) in [6, 6.07) is 6.27. The van der Waals surface area contributed by atoms with Gasteiger partial charge in [0.1, 0.15) is 0 Å². The molecule has 0 aliphatic carbocycles. The van der Waals surface area contributed by atoms with E-state index < -0.39 is 12.5 Å². The van der Waals surface area contributed by atoms with Crippen LogP contribution in [0.5, 0.6) is 0 Å². The topological polar surface area (TPSA) is 44.1 Å². The number of fused-ring (bicyclic) bond motifs is 1. The van der Waals surface area contributed by atoms with Gasteiger partial charge in [0, 0.05) is 5.39 Å². The lowest BCUT2D eigenvalue weighted by atomic mass is 10.2. The lowest BCUT2D eigenvalue weighted by Gasteiger charge is -1.98. The van der Waals surface area contributed by atoms with Gasteiger partial charge in [-0.2, -0.15) is 13.9 Å². The number of alkyl halides is 2. The van der Waals surface area contributed by atoms with Gasteiger partial charge in [-0.25, -0.2) is 9.48 Å². The maximum atomic E-state index is 12.6. The first-order valence-corrected chi connectivity index (χ1v) is 4.49. The van der Waals surface area contributed by atoms with E-state index in [1.165, 1.54) is 13.2 Å². The minimum atomic E-state index is -2.79.